The quantitative estimate of drug-likeness (QED) is 0.113. The van der Waals surface area contributed by atoms with Crippen molar-refractivity contribution in [1.82, 2.24) is 0 Å². The van der Waals surface area contributed by atoms with Crippen LogP contribution in [0.5, 0.6) is 11.5 Å². The van der Waals surface area contributed by atoms with Crippen LogP contribution in [0.4, 0.5) is 68.2 Å². The first-order chi connectivity index (χ1) is 66.1. The highest BCUT2D eigenvalue weighted by Gasteiger charge is 2.55. The summed E-state index contributed by atoms with van der Waals surface area (Å²) in [6, 6.07) is 80.9. The number of hydrogen-bond acceptors (Lipinski definition) is 5. The van der Waals surface area contributed by atoms with Gasteiger partial charge in [0, 0.05) is 84.4 Å². The molecule has 5 heterocycles. The molecule has 0 aliphatic carbocycles. The predicted molar refractivity (Wildman–Crippen MR) is 514 cm³/mol. The maximum atomic E-state index is 12.8. The molecule has 0 spiro atoms. The largest absolute Gasteiger partial charge is 0.459 e. The van der Waals surface area contributed by atoms with Crippen LogP contribution in [0.1, 0.15) is 102 Å². The van der Waals surface area contributed by atoms with E-state index < -0.39 is 113 Å². The average Bonchev–Trinajstić information content (AvgIpc) is 0.651. The molecule has 0 fully saturated rings. The maximum Gasteiger partial charge on any atom is 0.261 e. The highest BCUT2D eigenvalue weighted by molar-refractivity contribution is 7.04. The number of hydrogen-bond donors (Lipinski definition) is 0. The first-order valence-corrected chi connectivity index (χ1v) is 41.3. The molecule has 0 atom stereocenters. The van der Waals surface area contributed by atoms with Crippen molar-refractivity contribution in [2.75, 3.05) is 19.6 Å². The lowest BCUT2D eigenvalue weighted by Gasteiger charge is -2.50. The molecule has 17 aromatic rings. The number of rotatable bonds is 12. The van der Waals surface area contributed by atoms with Crippen LogP contribution in [-0.2, 0) is 16.2 Å². The molecule has 7 heteroatoms. The van der Waals surface area contributed by atoms with Gasteiger partial charge in [-0.3, -0.25) is 0 Å². The van der Waals surface area contributed by atoms with Gasteiger partial charge in [-0.2, -0.15) is 0 Å². The Morgan fingerprint density at radius 3 is 1.19 bits per heavy atom. The van der Waals surface area contributed by atoms with E-state index in [4.69, 9.17) is 6.11 Å². The van der Waals surface area contributed by atoms with Crippen LogP contribution in [0.2, 0.25) is 0 Å². The lowest BCUT2D eigenvalue weighted by Crippen LogP contribution is -2.67. The Hall–Kier alpha value is -14.1. The zero-order valence-electron chi connectivity index (χ0n) is 85.4. The van der Waals surface area contributed by atoms with E-state index in [9.17, 15) is 21.9 Å². The summed E-state index contributed by atoms with van der Waals surface area (Å²) in [7, 11) is 0. The van der Waals surface area contributed by atoms with Gasteiger partial charge in [-0.25, -0.2) is 0 Å². The maximum absolute atomic E-state index is 12.8. The van der Waals surface area contributed by atoms with Crippen molar-refractivity contribution in [3.8, 4) is 101 Å². The molecule has 0 N–H and O–H groups in total. The first-order valence-electron chi connectivity index (χ1n) is 49.8. The Morgan fingerprint density at radius 2 is 0.653 bits per heavy atom. The summed E-state index contributed by atoms with van der Waals surface area (Å²) < 4.78 is 190. The van der Waals surface area contributed by atoms with Crippen molar-refractivity contribution < 1.29 is 28.0 Å². The normalized spacial score (nSPS) is 15.3. The predicted octanol–water partition coefficient (Wildman–Crippen LogP) is 27.2. The topological polar surface area (TPSA) is 22.2 Å². The van der Waals surface area contributed by atoms with Gasteiger partial charge in [-0.15, -0.1) is 0 Å². The number of nitrogens with zero attached hydrogens (tertiary/aromatic N) is 4. The molecular formula is C114H90B2N4O. The summed E-state index contributed by atoms with van der Waals surface area (Å²) >= 11 is 0. The standard InChI is InChI=1S/C114H90B2N4O/c1-112(2,3)82-63-65-93(89(67-82)78-48-28-15-29-49-78)117-98-70-84(114(7,8)9)71-99-104(98)115(92-64-62-81(73-38-18-10-19-39-73)66-97(92)120(99)110-90(79-50-30-16-31-51-79)68-83(113(4,5)6)69-91(110)80-52-32-17-33-53-80)106-100(117)72-101-107-111(106)121-102-61-37-60-96-105(102)116(107)103-94(118(96)108-85(74-40-20-11-21-41-74)54-34-55-86(108)75-42-22-12-23-43-75)58-36-59-95(103)119(101)109-87(76-44-24-13-25-45-76)56-35-57-88(109)77-46-26-14-27-47-77/h10-72H,1-9H3/i10D,18D,19D,35D,36D,37D,38D,39D,56D,57D,58D,60D,61D,62D,64D,66D,72D. The Balaban J connectivity index is 1.01. The smallest absolute Gasteiger partial charge is 0.261 e. The van der Waals surface area contributed by atoms with Crippen LogP contribution < -0.4 is 57.1 Å². The fraction of sp³-hybridized carbons (Fsp3) is 0.105. The molecular weight excluding hydrogens is 1460 g/mol. The van der Waals surface area contributed by atoms with Crippen LogP contribution >= 0.6 is 0 Å². The molecule has 0 amide bonds. The first kappa shape index (κ1) is 57.1. The van der Waals surface area contributed by atoms with Gasteiger partial charge < -0.3 is 24.3 Å². The molecule has 0 radical (unpaired) electrons. The minimum atomic E-state index is -1.53. The summed E-state index contributed by atoms with van der Waals surface area (Å²) in [6.07, 6.45) is 0. The SMILES string of the molecule is [2H]c1cc2c3c(c1[2H])N(c1c(-c4ccccc4)cccc1-c1ccccc1)c1c([2H])c([2H])c([2H])c4c1B3c1c(c3c(c([2H])c1N2c1c(-c2ccccc2)c([2H])c([2H])c([2H])c1-c1ccccc1)N(c1ccc(C(C)(C)C)cc1-c1ccccc1)c1cc(C(C)(C)C)cc2c1B3c1c([2H])c([2H])c(-c3c([2H])c([2H])c([2H])c([2H])c3[2H])c([2H])c1N2c1c(-c2ccccc2)cc(C(C)(C)C)cc1-c1ccccc1)O4. The lowest BCUT2D eigenvalue weighted by atomic mass is 9.29. The van der Waals surface area contributed by atoms with E-state index in [2.05, 4.69) is 110 Å². The van der Waals surface area contributed by atoms with E-state index in [0.29, 0.717) is 78.3 Å². The van der Waals surface area contributed by atoms with Crippen LogP contribution in [0, 0.1) is 0 Å². The van der Waals surface area contributed by atoms with Crippen molar-refractivity contribution in [2.24, 2.45) is 0 Å². The van der Waals surface area contributed by atoms with Gasteiger partial charge in [0.1, 0.15) is 11.5 Å². The van der Waals surface area contributed by atoms with Gasteiger partial charge in [0.05, 0.1) is 46.1 Å². The number of ether oxygens (including phenoxy) is 1. The van der Waals surface area contributed by atoms with Crippen molar-refractivity contribution in [3.63, 3.8) is 0 Å². The monoisotopic (exact) mass is 1570 g/mol. The molecule has 0 saturated heterocycles. The second-order valence-electron chi connectivity index (χ2n) is 34.9. The Labute approximate surface area is 735 Å². The molecule has 0 unspecified atom stereocenters. The fourth-order valence-electron chi connectivity index (χ4n) is 18.8. The molecule has 0 aromatic heterocycles. The van der Waals surface area contributed by atoms with Gasteiger partial charge in [0.25, 0.3) is 13.4 Å². The summed E-state index contributed by atoms with van der Waals surface area (Å²) in [5.74, 6) is -0.246. The third-order valence-electron chi connectivity index (χ3n) is 24.6. The zero-order valence-corrected chi connectivity index (χ0v) is 68.4. The number of para-hydroxylation sites is 2. The van der Waals surface area contributed by atoms with E-state index in [-0.39, 0.29) is 115 Å². The van der Waals surface area contributed by atoms with E-state index in [0.717, 1.165) is 44.5 Å². The summed E-state index contributed by atoms with van der Waals surface area (Å²) in [5.41, 5.74) is 12.0. The summed E-state index contributed by atoms with van der Waals surface area (Å²) in [4.78, 5) is 7.73. The van der Waals surface area contributed by atoms with Crippen molar-refractivity contribution in [2.45, 2.75) is 78.6 Å². The third-order valence-corrected chi connectivity index (χ3v) is 24.6. The average molecular weight is 1570 g/mol. The van der Waals surface area contributed by atoms with E-state index in [1.165, 1.54) is 0 Å². The van der Waals surface area contributed by atoms with Gasteiger partial charge >= 0.3 is 0 Å². The van der Waals surface area contributed by atoms with Crippen LogP contribution in [0.3, 0.4) is 0 Å². The molecule has 5 nitrogen and oxygen atoms in total. The van der Waals surface area contributed by atoms with Gasteiger partial charge in [0.2, 0.25) is 0 Å². The second-order valence-corrected chi connectivity index (χ2v) is 34.9. The Bertz CT molecular complexity index is 7870. The third kappa shape index (κ3) is 11.9. The molecule has 578 valence electrons. The number of fused-ring (bicyclic) bond motifs is 5. The van der Waals surface area contributed by atoms with E-state index in [1.54, 1.807) is 11.0 Å². The van der Waals surface area contributed by atoms with Crippen LogP contribution in [0.15, 0.2) is 382 Å². The van der Waals surface area contributed by atoms with E-state index >= 15 is 0 Å². The molecule has 5 aliphatic heterocycles. The van der Waals surface area contributed by atoms with Gasteiger partial charge in [0.15, 0.2) is 0 Å². The second kappa shape index (κ2) is 28.3. The molecule has 0 bridgehead atoms. The molecule has 22 rings (SSSR count). The van der Waals surface area contributed by atoms with Crippen molar-refractivity contribution in [1.29, 1.82) is 0 Å². The fourth-order valence-corrected chi connectivity index (χ4v) is 18.8. The minimum Gasteiger partial charge on any atom is -0.459 e. The number of anilines is 12. The lowest BCUT2D eigenvalue weighted by molar-refractivity contribution is 0.491. The molecule has 0 saturated carbocycles. The molecule has 121 heavy (non-hydrogen) atoms. The highest BCUT2D eigenvalue weighted by atomic mass is 16.5. The molecule has 17 aromatic carbocycles. The van der Waals surface area contributed by atoms with E-state index in [1.807, 2.05) is 240 Å². The Kier molecular flexibility index (Phi) is 13.3. The van der Waals surface area contributed by atoms with Crippen molar-refractivity contribution in [3.05, 3.63) is 398 Å². The van der Waals surface area contributed by atoms with Crippen LogP contribution in [-0.4, -0.2) is 13.4 Å². The number of benzene rings is 17. The minimum absolute atomic E-state index is 0.00804. The van der Waals surface area contributed by atoms with Gasteiger partial charge in [-0.05, 0) is 188 Å². The molecule has 5 aliphatic rings. The summed E-state index contributed by atoms with van der Waals surface area (Å²) in [5, 5.41) is 0. The Morgan fingerprint density at radius 1 is 0.240 bits per heavy atom. The zero-order chi connectivity index (χ0) is 96.5. The van der Waals surface area contributed by atoms with Crippen LogP contribution in [0.25, 0.3) is 89.0 Å². The summed E-state index contributed by atoms with van der Waals surface area (Å²) in [6.45, 7) is 16.3. The van der Waals surface area contributed by atoms with Crippen molar-refractivity contribution >= 4 is 114 Å². The van der Waals surface area contributed by atoms with Gasteiger partial charge in [-0.1, -0.05) is 371 Å². The highest BCUT2D eigenvalue weighted by Crippen LogP contribution is 2.59.